The van der Waals surface area contributed by atoms with Crippen molar-refractivity contribution in [2.24, 2.45) is 0 Å². The molecule has 0 aliphatic rings. The van der Waals surface area contributed by atoms with Crippen molar-refractivity contribution in [1.82, 2.24) is 4.90 Å². The molecule has 0 aromatic heterocycles. The van der Waals surface area contributed by atoms with Gasteiger partial charge in [0.2, 0.25) is 5.75 Å². The number of halogens is 1. The standard InChI is InChI=1S/C14H19ClN2O4/c1-10(2)16(9-5-8-15)14(18)11-6-4-7-12(17(19)20)13(11)21-3/h4,6-7,10H,5,8-9H2,1-3H3. The molecule has 0 fully saturated rings. The van der Waals surface area contributed by atoms with Gasteiger partial charge in [0.15, 0.2) is 0 Å². The zero-order valence-corrected chi connectivity index (χ0v) is 13.1. The summed E-state index contributed by atoms with van der Waals surface area (Å²) in [5.41, 5.74) is -0.0284. The number of benzene rings is 1. The quantitative estimate of drug-likeness (QED) is 0.440. The van der Waals surface area contributed by atoms with Crippen LogP contribution in [0.2, 0.25) is 0 Å². The molecule has 1 aromatic rings. The summed E-state index contributed by atoms with van der Waals surface area (Å²) in [6.07, 6.45) is 0.655. The third-order valence-corrected chi connectivity index (χ3v) is 3.31. The molecular weight excluding hydrogens is 296 g/mol. The lowest BCUT2D eigenvalue weighted by atomic mass is 10.1. The Bertz CT molecular complexity index is 520. The minimum Gasteiger partial charge on any atom is -0.490 e. The Hall–Kier alpha value is -1.82. The van der Waals surface area contributed by atoms with Gasteiger partial charge in [0, 0.05) is 24.5 Å². The third-order valence-electron chi connectivity index (χ3n) is 3.04. The van der Waals surface area contributed by atoms with E-state index in [1.54, 1.807) is 4.90 Å². The van der Waals surface area contributed by atoms with Crippen LogP contribution >= 0.6 is 11.6 Å². The Morgan fingerprint density at radius 3 is 2.62 bits per heavy atom. The van der Waals surface area contributed by atoms with Crippen LogP contribution < -0.4 is 4.74 Å². The first kappa shape index (κ1) is 17.2. The van der Waals surface area contributed by atoms with Crippen LogP contribution in [0.4, 0.5) is 5.69 Å². The lowest BCUT2D eigenvalue weighted by Gasteiger charge is -2.27. The number of nitro groups is 1. The Morgan fingerprint density at radius 1 is 1.48 bits per heavy atom. The van der Waals surface area contributed by atoms with Gasteiger partial charge in [-0.3, -0.25) is 14.9 Å². The molecule has 21 heavy (non-hydrogen) atoms. The molecule has 6 nitrogen and oxygen atoms in total. The minimum absolute atomic E-state index is 0.0102. The summed E-state index contributed by atoms with van der Waals surface area (Å²) in [6.45, 7) is 4.26. The summed E-state index contributed by atoms with van der Waals surface area (Å²) < 4.78 is 5.08. The summed E-state index contributed by atoms with van der Waals surface area (Å²) in [7, 11) is 1.32. The topological polar surface area (TPSA) is 72.7 Å². The summed E-state index contributed by atoms with van der Waals surface area (Å²) in [5.74, 6) is 0.141. The van der Waals surface area contributed by atoms with E-state index in [1.165, 1.54) is 25.3 Å². The minimum atomic E-state index is -0.561. The maximum Gasteiger partial charge on any atom is 0.311 e. The first-order valence-electron chi connectivity index (χ1n) is 6.62. The summed E-state index contributed by atoms with van der Waals surface area (Å²) in [4.78, 5) is 24.7. The van der Waals surface area contributed by atoms with Gasteiger partial charge in [-0.05, 0) is 26.3 Å². The average molecular weight is 315 g/mol. The zero-order chi connectivity index (χ0) is 16.0. The van der Waals surface area contributed by atoms with Crippen LogP contribution in [-0.4, -0.2) is 41.3 Å². The highest BCUT2D eigenvalue weighted by Gasteiger charge is 2.26. The van der Waals surface area contributed by atoms with Crippen molar-refractivity contribution in [3.63, 3.8) is 0 Å². The van der Waals surface area contributed by atoms with Gasteiger partial charge in [0.1, 0.15) is 0 Å². The molecule has 1 aromatic carbocycles. The van der Waals surface area contributed by atoms with Gasteiger partial charge in [-0.2, -0.15) is 0 Å². The van der Waals surface area contributed by atoms with E-state index in [9.17, 15) is 14.9 Å². The Morgan fingerprint density at radius 2 is 2.14 bits per heavy atom. The van der Waals surface area contributed by atoms with Crippen molar-refractivity contribution >= 4 is 23.2 Å². The summed E-state index contributed by atoms with van der Waals surface area (Å²) in [6, 6.07) is 4.29. The number of hydrogen-bond acceptors (Lipinski definition) is 4. The Balaban J connectivity index is 3.21. The fourth-order valence-corrected chi connectivity index (χ4v) is 2.15. The van der Waals surface area contributed by atoms with Gasteiger partial charge >= 0.3 is 5.69 Å². The van der Waals surface area contributed by atoms with Gasteiger partial charge in [0.25, 0.3) is 5.91 Å². The number of amides is 1. The number of hydrogen-bond donors (Lipinski definition) is 0. The van der Waals surface area contributed by atoms with Crippen molar-refractivity contribution in [2.75, 3.05) is 19.5 Å². The zero-order valence-electron chi connectivity index (χ0n) is 12.3. The van der Waals surface area contributed by atoms with Crippen molar-refractivity contribution in [1.29, 1.82) is 0 Å². The van der Waals surface area contributed by atoms with Crippen molar-refractivity contribution < 1.29 is 14.5 Å². The molecule has 0 unspecified atom stereocenters. The molecule has 7 heteroatoms. The molecule has 0 saturated carbocycles. The fourth-order valence-electron chi connectivity index (χ4n) is 2.03. The normalized spacial score (nSPS) is 10.5. The number of nitrogens with zero attached hydrogens (tertiary/aromatic N) is 2. The maximum absolute atomic E-state index is 12.6. The van der Waals surface area contributed by atoms with E-state index in [0.29, 0.717) is 18.8 Å². The number of rotatable bonds is 7. The second-order valence-electron chi connectivity index (χ2n) is 4.75. The molecule has 0 heterocycles. The second kappa shape index (κ2) is 7.83. The lowest BCUT2D eigenvalue weighted by Crippen LogP contribution is -2.38. The molecule has 0 spiro atoms. The van der Waals surface area contributed by atoms with E-state index < -0.39 is 4.92 Å². The van der Waals surface area contributed by atoms with Crippen molar-refractivity contribution in [3.8, 4) is 5.75 Å². The Labute approximate surface area is 128 Å². The van der Waals surface area contributed by atoms with E-state index in [2.05, 4.69) is 0 Å². The fraction of sp³-hybridized carbons (Fsp3) is 0.500. The molecule has 116 valence electrons. The van der Waals surface area contributed by atoms with Crippen LogP contribution in [0.5, 0.6) is 5.75 Å². The van der Waals surface area contributed by atoms with E-state index >= 15 is 0 Å². The van der Waals surface area contributed by atoms with Gasteiger partial charge in [0.05, 0.1) is 17.6 Å². The van der Waals surface area contributed by atoms with Crippen molar-refractivity contribution in [2.45, 2.75) is 26.3 Å². The van der Waals surface area contributed by atoms with Crippen LogP contribution in [0.25, 0.3) is 0 Å². The van der Waals surface area contributed by atoms with Crippen LogP contribution in [0.1, 0.15) is 30.6 Å². The molecule has 0 N–H and O–H groups in total. The monoisotopic (exact) mass is 314 g/mol. The molecule has 0 aliphatic carbocycles. The van der Waals surface area contributed by atoms with E-state index in [4.69, 9.17) is 16.3 Å². The number of nitro benzene ring substituents is 1. The van der Waals surface area contributed by atoms with Gasteiger partial charge < -0.3 is 9.64 Å². The van der Waals surface area contributed by atoms with Crippen LogP contribution in [0, 0.1) is 10.1 Å². The summed E-state index contributed by atoms with van der Waals surface area (Å²) in [5, 5.41) is 11.0. The predicted octanol–water partition coefficient (Wildman–Crippen LogP) is 3.08. The van der Waals surface area contributed by atoms with E-state index in [1.807, 2.05) is 13.8 Å². The predicted molar refractivity (Wildman–Crippen MR) is 81.2 cm³/mol. The molecule has 0 atom stereocenters. The highest BCUT2D eigenvalue weighted by atomic mass is 35.5. The molecule has 1 rings (SSSR count). The first-order chi connectivity index (χ1) is 9.93. The van der Waals surface area contributed by atoms with Crippen molar-refractivity contribution in [3.05, 3.63) is 33.9 Å². The van der Waals surface area contributed by atoms with E-state index in [0.717, 1.165) is 0 Å². The van der Waals surface area contributed by atoms with Gasteiger partial charge in [-0.1, -0.05) is 6.07 Å². The second-order valence-corrected chi connectivity index (χ2v) is 5.13. The number of para-hydroxylation sites is 1. The van der Waals surface area contributed by atoms with Gasteiger partial charge in [-0.15, -0.1) is 11.6 Å². The maximum atomic E-state index is 12.6. The number of methoxy groups -OCH3 is 1. The highest BCUT2D eigenvalue weighted by Crippen LogP contribution is 2.31. The number of carbonyl (C=O) groups excluding carboxylic acids is 1. The SMILES string of the molecule is COc1c(C(=O)N(CCCCl)C(C)C)cccc1[N+](=O)[O-]. The molecule has 0 radical (unpaired) electrons. The molecule has 1 amide bonds. The first-order valence-corrected chi connectivity index (χ1v) is 7.15. The van der Waals surface area contributed by atoms with Gasteiger partial charge in [-0.25, -0.2) is 0 Å². The molecule has 0 bridgehead atoms. The number of ether oxygens (including phenoxy) is 1. The molecule has 0 aliphatic heterocycles. The largest absolute Gasteiger partial charge is 0.490 e. The molecule has 0 saturated heterocycles. The highest BCUT2D eigenvalue weighted by molar-refractivity contribution is 6.17. The summed E-state index contributed by atoms with van der Waals surface area (Å²) >= 11 is 5.67. The van der Waals surface area contributed by atoms with Crippen LogP contribution in [0.3, 0.4) is 0 Å². The number of carbonyl (C=O) groups is 1. The molecular formula is C14H19ClN2O4. The van der Waals surface area contributed by atoms with Crippen LogP contribution in [-0.2, 0) is 0 Å². The Kier molecular flexibility index (Phi) is 6.42. The lowest BCUT2D eigenvalue weighted by molar-refractivity contribution is -0.385. The van der Waals surface area contributed by atoms with Crippen LogP contribution in [0.15, 0.2) is 18.2 Å². The smallest absolute Gasteiger partial charge is 0.311 e. The third kappa shape index (κ3) is 4.07. The van der Waals surface area contributed by atoms with E-state index in [-0.39, 0.29) is 28.9 Å². The number of alkyl halides is 1. The average Bonchev–Trinajstić information content (AvgIpc) is 2.45.